The summed E-state index contributed by atoms with van der Waals surface area (Å²) in [6.07, 6.45) is 5.16. The lowest BCUT2D eigenvalue weighted by atomic mass is 9.78. The highest BCUT2D eigenvalue weighted by atomic mass is 16.5. The van der Waals surface area contributed by atoms with Gasteiger partial charge in [0.2, 0.25) is 0 Å². The van der Waals surface area contributed by atoms with Gasteiger partial charge in [0, 0.05) is 7.05 Å². The maximum absolute atomic E-state index is 13.0. The maximum Gasteiger partial charge on any atom is 0.308 e. The second kappa shape index (κ2) is 10.4. The molecule has 0 spiro atoms. The molecule has 3 aromatic rings. The lowest BCUT2D eigenvalue weighted by molar-refractivity contribution is -0.149. The lowest BCUT2D eigenvalue weighted by Gasteiger charge is -2.28. The van der Waals surface area contributed by atoms with E-state index in [4.69, 9.17) is 14.5 Å². The second-order valence-electron chi connectivity index (χ2n) is 8.92. The number of hydrogen-bond donors (Lipinski definition) is 1. The molecule has 4 rings (SSSR count). The number of nitrogens with zero attached hydrogens (tertiary/aromatic N) is 3. The monoisotopic (exact) mass is 466 g/mol. The number of carbonyl (C=O) groups excluding carboxylic acids is 1. The van der Waals surface area contributed by atoms with Crippen molar-refractivity contribution in [1.82, 2.24) is 19.7 Å². The first-order valence-electron chi connectivity index (χ1n) is 12.4. The Morgan fingerprint density at radius 3 is 2.59 bits per heavy atom. The van der Waals surface area contributed by atoms with Crippen LogP contribution < -0.4 is 10.3 Å². The van der Waals surface area contributed by atoms with Gasteiger partial charge >= 0.3 is 5.97 Å². The summed E-state index contributed by atoms with van der Waals surface area (Å²) in [5.41, 5.74) is 3.70. The molecule has 1 N–H and O–H groups in total. The van der Waals surface area contributed by atoms with Gasteiger partial charge in [-0.25, -0.2) is 4.98 Å². The first-order valence-corrected chi connectivity index (χ1v) is 12.4. The van der Waals surface area contributed by atoms with Crippen molar-refractivity contribution in [2.24, 2.45) is 13.0 Å². The molecule has 34 heavy (non-hydrogen) atoms. The summed E-state index contributed by atoms with van der Waals surface area (Å²) in [7, 11) is 1.77. The fraction of sp³-hybridized carbons (Fsp3) is 0.538. The van der Waals surface area contributed by atoms with Gasteiger partial charge in [0.15, 0.2) is 5.52 Å². The summed E-state index contributed by atoms with van der Waals surface area (Å²) in [5, 5.41) is 4.52. The van der Waals surface area contributed by atoms with Crippen LogP contribution in [0.3, 0.4) is 0 Å². The van der Waals surface area contributed by atoms with E-state index in [-0.39, 0.29) is 17.4 Å². The van der Waals surface area contributed by atoms with Crippen LogP contribution in [0.2, 0.25) is 0 Å². The molecule has 1 aliphatic carbocycles. The first-order chi connectivity index (χ1) is 16.5. The van der Waals surface area contributed by atoms with Crippen LogP contribution in [0.15, 0.2) is 23.0 Å². The van der Waals surface area contributed by atoms with Gasteiger partial charge in [-0.3, -0.25) is 14.3 Å². The molecule has 1 aliphatic rings. The van der Waals surface area contributed by atoms with E-state index in [1.165, 1.54) is 5.56 Å². The minimum atomic E-state index is -0.208. The molecule has 0 saturated heterocycles. The van der Waals surface area contributed by atoms with Gasteiger partial charge in [-0.1, -0.05) is 19.4 Å². The molecule has 182 valence electrons. The Bertz CT molecular complexity index is 1220. The van der Waals surface area contributed by atoms with Crippen LogP contribution in [-0.2, 0) is 23.0 Å². The van der Waals surface area contributed by atoms with Gasteiger partial charge in [0.1, 0.15) is 17.1 Å². The normalized spacial score (nSPS) is 18.2. The average Bonchev–Trinajstić information content (AvgIpc) is 3.15. The summed E-state index contributed by atoms with van der Waals surface area (Å²) in [5.74, 6) is 1.43. The van der Waals surface area contributed by atoms with Crippen LogP contribution in [0.1, 0.15) is 70.1 Å². The quantitative estimate of drug-likeness (QED) is 0.490. The van der Waals surface area contributed by atoms with Crippen molar-refractivity contribution in [2.75, 3.05) is 13.2 Å². The second-order valence-corrected chi connectivity index (χ2v) is 8.92. The Kier molecular flexibility index (Phi) is 7.34. The molecule has 0 aliphatic heterocycles. The van der Waals surface area contributed by atoms with E-state index in [1.807, 2.05) is 19.9 Å². The van der Waals surface area contributed by atoms with E-state index in [2.05, 4.69) is 29.1 Å². The molecule has 1 fully saturated rings. The maximum atomic E-state index is 13.0. The minimum Gasteiger partial charge on any atom is -0.493 e. The summed E-state index contributed by atoms with van der Waals surface area (Å²) in [6.45, 7) is 6.80. The number of aryl methyl sites for hydroxylation is 2. The third-order valence-corrected chi connectivity index (χ3v) is 6.63. The van der Waals surface area contributed by atoms with Gasteiger partial charge in [0.25, 0.3) is 5.56 Å². The SMILES string of the molecule is CCCc1nn(C)c2c(=O)[nH]c(-c3cc(C4CCC(C(=O)OCC)CC4)ccc3OCC)nc12. The fourth-order valence-electron chi connectivity index (χ4n) is 4.97. The number of ether oxygens (including phenoxy) is 2. The molecule has 0 bridgehead atoms. The molecule has 1 saturated carbocycles. The van der Waals surface area contributed by atoms with Crippen LogP contribution in [0.25, 0.3) is 22.4 Å². The van der Waals surface area contributed by atoms with Crippen LogP contribution in [-0.4, -0.2) is 38.9 Å². The molecule has 8 heteroatoms. The van der Waals surface area contributed by atoms with Gasteiger partial charge in [0.05, 0.1) is 30.4 Å². The summed E-state index contributed by atoms with van der Waals surface area (Å²) in [6, 6.07) is 6.14. The van der Waals surface area contributed by atoms with E-state index in [0.717, 1.165) is 49.8 Å². The lowest BCUT2D eigenvalue weighted by Crippen LogP contribution is -2.23. The zero-order valence-corrected chi connectivity index (χ0v) is 20.5. The number of aromatic amines is 1. The molecule has 2 heterocycles. The highest BCUT2D eigenvalue weighted by molar-refractivity contribution is 5.80. The van der Waals surface area contributed by atoms with Crippen molar-refractivity contribution in [1.29, 1.82) is 0 Å². The van der Waals surface area contributed by atoms with E-state index in [9.17, 15) is 9.59 Å². The molecular weight excluding hydrogens is 432 g/mol. The number of fused-ring (bicyclic) bond motifs is 1. The highest BCUT2D eigenvalue weighted by Gasteiger charge is 2.28. The molecule has 2 aromatic heterocycles. The van der Waals surface area contributed by atoms with E-state index in [0.29, 0.717) is 41.7 Å². The van der Waals surface area contributed by atoms with Gasteiger partial charge in [-0.05, 0) is 69.6 Å². The minimum absolute atomic E-state index is 0.0126. The Morgan fingerprint density at radius 2 is 1.91 bits per heavy atom. The average molecular weight is 467 g/mol. The predicted molar refractivity (Wildman–Crippen MR) is 131 cm³/mol. The van der Waals surface area contributed by atoms with Crippen molar-refractivity contribution in [3.8, 4) is 17.1 Å². The zero-order valence-electron chi connectivity index (χ0n) is 20.5. The number of esters is 1. The zero-order chi connectivity index (χ0) is 24.2. The van der Waals surface area contributed by atoms with E-state index >= 15 is 0 Å². The molecule has 0 radical (unpaired) electrons. The van der Waals surface area contributed by atoms with E-state index in [1.54, 1.807) is 11.7 Å². The number of benzene rings is 1. The third-order valence-electron chi connectivity index (χ3n) is 6.63. The molecule has 0 unspecified atom stereocenters. The number of hydrogen-bond acceptors (Lipinski definition) is 6. The van der Waals surface area contributed by atoms with Crippen molar-refractivity contribution in [3.63, 3.8) is 0 Å². The highest BCUT2D eigenvalue weighted by Crippen LogP contribution is 2.39. The Balaban J connectivity index is 1.70. The number of rotatable bonds is 8. The third kappa shape index (κ3) is 4.72. The number of carbonyl (C=O) groups is 1. The van der Waals surface area contributed by atoms with Crippen molar-refractivity contribution >= 4 is 17.0 Å². The fourth-order valence-corrected chi connectivity index (χ4v) is 4.97. The summed E-state index contributed by atoms with van der Waals surface area (Å²) >= 11 is 0. The van der Waals surface area contributed by atoms with Crippen LogP contribution in [0.4, 0.5) is 0 Å². The van der Waals surface area contributed by atoms with Crippen LogP contribution >= 0.6 is 0 Å². The van der Waals surface area contributed by atoms with Gasteiger partial charge in [-0.15, -0.1) is 0 Å². The predicted octanol–water partition coefficient (Wildman–Crippen LogP) is 4.51. The number of H-pyrrole nitrogens is 1. The Morgan fingerprint density at radius 1 is 1.15 bits per heavy atom. The topological polar surface area (TPSA) is 99.1 Å². The molecule has 0 atom stereocenters. The summed E-state index contributed by atoms with van der Waals surface area (Å²) < 4.78 is 12.7. The Labute approximate surface area is 199 Å². The standard InChI is InChI=1S/C26H34N4O4/c1-5-8-20-22-23(30(4)29-20)25(31)28-24(27-22)19-15-18(13-14-21(19)33-6-2)16-9-11-17(12-10-16)26(32)34-7-3/h13-17H,5-12H2,1-4H3,(H,27,28,31). The molecule has 1 aromatic carbocycles. The molecule has 0 amide bonds. The van der Waals surface area contributed by atoms with Crippen LogP contribution in [0, 0.1) is 5.92 Å². The van der Waals surface area contributed by atoms with Gasteiger partial charge < -0.3 is 14.5 Å². The molecule has 8 nitrogen and oxygen atoms in total. The van der Waals surface area contributed by atoms with Gasteiger partial charge in [-0.2, -0.15) is 5.10 Å². The van der Waals surface area contributed by atoms with Crippen LogP contribution in [0.5, 0.6) is 5.75 Å². The Hall–Kier alpha value is -3.16. The number of nitrogens with one attached hydrogen (secondary N) is 1. The van der Waals surface area contributed by atoms with Crippen molar-refractivity contribution < 1.29 is 14.3 Å². The first kappa shape index (κ1) is 24.0. The molecular formula is C26H34N4O4. The smallest absolute Gasteiger partial charge is 0.308 e. The van der Waals surface area contributed by atoms with Crippen molar-refractivity contribution in [2.45, 2.75) is 65.2 Å². The van der Waals surface area contributed by atoms with Crippen molar-refractivity contribution in [3.05, 3.63) is 39.8 Å². The largest absolute Gasteiger partial charge is 0.493 e. The number of aromatic nitrogens is 4. The van der Waals surface area contributed by atoms with E-state index < -0.39 is 0 Å². The summed E-state index contributed by atoms with van der Waals surface area (Å²) in [4.78, 5) is 32.9.